The van der Waals surface area contributed by atoms with Gasteiger partial charge in [0.05, 0.1) is 5.88 Å². The maximum absolute atomic E-state index is 5.70. The molecule has 0 bridgehead atoms. The summed E-state index contributed by atoms with van der Waals surface area (Å²) in [6.07, 6.45) is 0. The van der Waals surface area contributed by atoms with Crippen LogP contribution in [0.5, 0.6) is 11.5 Å². The van der Waals surface area contributed by atoms with Crippen LogP contribution in [0.2, 0.25) is 0 Å². The van der Waals surface area contributed by atoms with Crippen LogP contribution >= 0.6 is 11.6 Å². The Morgan fingerprint density at radius 2 is 1.95 bits per heavy atom. The highest BCUT2D eigenvalue weighted by atomic mass is 35.5. The van der Waals surface area contributed by atoms with Gasteiger partial charge in [0.1, 0.15) is 13.2 Å². The molecule has 0 spiro atoms. The Kier molecular flexibility index (Phi) is 3.42. The van der Waals surface area contributed by atoms with Crippen molar-refractivity contribution in [2.24, 2.45) is 0 Å². The van der Waals surface area contributed by atoms with Gasteiger partial charge in [-0.3, -0.25) is 0 Å². The third-order valence-corrected chi connectivity index (χ3v) is 2.86. The van der Waals surface area contributed by atoms with Crippen molar-refractivity contribution in [2.75, 3.05) is 24.3 Å². The van der Waals surface area contributed by atoms with Crippen LogP contribution < -0.4 is 20.5 Å². The summed E-state index contributed by atoms with van der Waals surface area (Å²) in [4.78, 5) is 12.0. The molecule has 3 N–H and O–H groups in total. The molecule has 20 heavy (non-hydrogen) atoms. The standard InChI is InChI=1S/C12H12ClN5O2/c13-6-10-16-11(14)18-12(17-10)15-7-1-2-8-9(5-7)20-4-3-19-8/h1-2,5H,3-4,6H2,(H3,14,15,16,17,18). The van der Waals surface area contributed by atoms with Gasteiger partial charge in [-0.2, -0.15) is 15.0 Å². The number of hydrogen-bond donors (Lipinski definition) is 2. The Labute approximate surface area is 120 Å². The molecule has 1 aliphatic rings. The van der Waals surface area contributed by atoms with Gasteiger partial charge in [0, 0.05) is 11.8 Å². The number of halogens is 1. The van der Waals surface area contributed by atoms with E-state index in [4.69, 9.17) is 26.8 Å². The summed E-state index contributed by atoms with van der Waals surface area (Å²) in [5, 5.41) is 3.03. The minimum Gasteiger partial charge on any atom is -0.486 e. The zero-order chi connectivity index (χ0) is 13.9. The van der Waals surface area contributed by atoms with E-state index in [1.165, 1.54) is 0 Å². The number of alkyl halides is 1. The van der Waals surface area contributed by atoms with Gasteiger partial charge < -0.3 is 20.5 Å². The quantitative estimate of drug-likeness (QED) is 0.832. The zero-order valence-corrected chi connectivity index (χ0v) is 11.2. The molecule has 104 valence electrons. The Balaban J connectivity index is 1.85. The van der Waals surface area contributed by atoms with Crippen LogP contribution in [-0.4, -0.2) is 28.2 Å². The molecule has 0 saturated heterocycles. The lowest BCUT2D eigenvalue weighted by Gasteiger charge is -2.19. The topological polar surface area (TPSA) is 95.2 Å². The van der Waals surface area contributed by atoms with Gasteiger partial charge in [-0.1, -0.05) is 0 Å². The predicted molar refractivity (Wildman–Crippen MR) is 74.5 cm³/mol. The lowest BCUT2D eigenvalue weighted by molar-refractivity contribution is 0.171. The van der Waals surface area contributed by atoms with Crippen LogP contribution in [-0.2, 0) is 5.88 Å². The summed E-state index contributed by atoms with van der Waals surface area (Å²) >= 11 is 5.70. The molecule has 0 atom stereocenters. The largest absolute Gasteiger partial charge is 0.486 e. The van der Waals surface area contributed by atoms with E-state index in [1.807, 2.05) is 18.2 Å². The lowest BCUT2D eigenvalue weighted by Crippen LogP contribution is -2.15. The smallest absolute Gasteiger partial charge is 0.232 e. The maximum Gasteiger partial charge on any atom is 0.232 e. The molecule has 0 fully saturated rings. The second-order valence-corrected chi connectivity index (χ2v) is 4.32. The number of nitrogens with two attached hydrogens (primary N) is 1. The first-order valence-corrected chi connectivity index (χ1v) is 6.51. The first-order valence-electron chi connectivity index (χ1n) is 5.97. The minimum absolute atomic E-state index is 0.121. The molecule has 0 saturated carbocycles. The molecule has 1 aromatic carbocycles. The average molecular weight is 294 g/mol. The third kappa shape index (κ3) is 2.67. The van der Waals surface area contributed by atoms with E-state index >= 15 is 0 Å². The monoisotopic (exact) mass is 293 g/mol. The molecular formula is C12H12ClN5O2. The van der Waals surface area contributed by atoms with Crippen molar-refractivity contribution in [1.82, 2.24) is 15.0 Å². The first kappa shape index (κ1) is 12.7. The van der Waals surface area contributed by atoms with Crippen molar-refractivity contribution in [3.8, 4) is 11.5 Å². The summed E-state index contributed by atoms with van der Waals surface area (Å²) in [6.45, 7) is 1.09. The summed E-state index contributed by atoms with van der Waals surface area (Å²) in [7, 11) is 0. The van der Waals surface area contributed by atoms with E-state index in [-0.39, 0.29) is 11.8 Å². The molecule has 3 rings (SSSR count). The molecule has 1 aliphatic heterocycles. The fourth-order valence-electron chi connectivity index (χ4n) is 1.80. The van der Waals surface area contributed by atoms with Crippen molar-refractivity contribution in [3.05, 3.63) is 24.0 Å². The van der Waals surface area contributed by atoms with Gasteiger partial charge in [-0.05, 0) is 12.1 Å². The van der Waals surface area contributed by atoms with Crippen molar-refractivity contribution in [3.63, 3.8) is 0 Å². The second kappa shape index (κ2) is 5.38. The fraction of sp³-hybridized carbons (Fsp3) is 0.250. The maximum atomic E-state index is 5.70. The molecule has 0 unspecified atom stereocenters. The molecule has 0 aliphatic carbocycles. The molecular weight excluding hydrogens is 282 g/mol. The van der Waals surface area contributed by atoms with Gasteiger partial charge in [-0.25, -0.2) is 0 Å². The van der Waals surface area contributed by atoms with Crippen molar-refractivity contribution in [1.29, 1.82) is 0 Å². The number of hydrogen-bond acceptors (Lipinski definition) is 7. The summed E-state index contributed by atoms with van der Waals surface area (Å²) < 4.78 is 11.0. The molecule has 1 aromatic heterocycles. The highest BCUT2D eigenvalue weighted by Crippen LogP contribution is 2.33. The van der Waals surface area contributed by atoms with E-state index in [2.05, 4.69) is 20.3 Å². The number of anilines is 3. The normalized spacial score (nSPS) is 13.1. The molecule has 2 aromatic rings. The minimum atomic E-state index is 0.121. The van der Waals surface area contributed by atoms with Gasteiger partial charge in [0.15, 0.2) is 17.3 Å². The number of nitrogen functional groups attached to an aromatic ring is 1. The number of rotatable bonds is 3. The van der Waals surface area contributed by atoms with Crippen molar-refractivity contribution < 1.29 is 9.47 Å². The lowest BCUT2D eigenvalue weighted by atomic mass is 10.2. The average Bonchev–Trinajstić information content (AvgIpc) is 2.46. The fourth-order valence-corrected chi connectivity index (χ4v) is 1.92. The van der Waals surface area contributed by atoms with E-state index in [0.717, 1.165) is 11.4 Å². The predicted octanol–water partition coefficient (Wildman–Crippen LogP) is 1.71. The molecule has 0 amide bonds. The van der Waals surface area contributed by atoms with E-state index < -0.39 is 0 Å². The molecule has 2 heterocycles. The second-order valence-electron chi connectivity index (χ2n) is 4.05. The number of nitrogens with zero attached hydrogens (tertiary/aromatic N) is 3. The first-order chi connectivity index (χ1) is 9.74. The van der Waals surface area contributed by atoms with Gasteiger partial charge in [0.25, 0.3) is 0 Å². The SMILES string of the molecule is Nc1nc(CCl)nc(Nc2ccc3c(c2)OCCO3)n1. The summed E-state index contributed by atoms with van der Waals surface area (Å²) in [5.74, 6) is 2.45. The Morgan fingerprint density at radius 1 is 1.15 bits per heavy atom. The molecule has 8 heteroatoms. The summed E-state index contributed by atoms with van der Waals surface area (Å²) in [5.41, 5.74) is 6.36. The van der Waals surface area contributed by atoms with E-state index in [0.29, 0.717) is 30.7 Å². The van der Waals surface area contributed by atoms with Crippen LogP contribution in [0.3, 0.4) is 0 Å². The molecule has 0 radical (unpaired) electrons. The highest BCUT2D eigenvalue weighted by molar-refractivity contribution is 6.16. The van der Waals surface area contributed by atoms with Gasteiger partial charge >= 0.3 is 0 Å². The van der Waals surface area contributed by atoms with E-state index in [1.54, 1.807) is 0 Å². The Hall–Kier alpha value is -2.28. The third-order valence-electron chi connectivity index (χ3n) is 2.62. The van der Waals surface area contributed by atoms with Crippen LogP contribution in [0.25, 0.3) is 0 Å². The number of fused-ring (bicyclic) bond motifs is 1. The summed E-state index contributed by atoms with van der Waals surface area (Å²) in [6, 6.07) is 5.48. The van der Waals surface area contributed by atoms with Crippen LogP contribution in [0, 0.1) is 0 Å². The van der Waals surface area contributed by atoms with Gasteiger partial charge in [-0.15, -0.1) is 11.6 Å². The Morgan fingerprint density at radius 3 is 2.75 bits per heavy atom. The van der Waals surface area contributed by atoms with Crippen LogP contribution in [0.1, 0.15) is 5.82 Å². The zero-order valence-electron chi connectivity index (χ0n) is 10.5. The Bertz CT molecular complexity index is 637. The van der Waals surface area contributed by atoms with Crippen LogP contribution in [0.4, 0.5) is 17.6 Å². The number of aromatic nitrogens is 3. The number of nitrogens with one attached hydrogen (secondary N) is 1. The van der Waals surface area contributed by atoms with Crippen LogP contribution in [0.15, 0.2) is 18.2 Å². The highest BCUT2D eigenvalue weighted by Gasteiger charge is 2.12. The number of benzene rings is 1. The van der Waals surface area contributed by atoms with Crippen molar-refractivity contribution in [2.45, 2.75) is 5.88 Å². The van der Waals surface area contributed by atoms with E-state index in [9.17, 15) is 0 Å². The van der Waals surface area contributed by atoms with Crippen molar-refractivity contribution >= 4 is 29.2 Å². The number of ether oxygens (including phenoxy) is 2. The van der Waals surface area contributed by atoms with Gasteiger partial charge in [0.2, 0.25) is 11.9 Å². The molecule has 7 nitrogen and oxygen atoms in total.